The number of anilines is 1. The van der Waals surface area contributed by atoms with Gasteiger partial charge in [0.1, 0.15) is 6.04 Å². The second kappa shape index (κ2) is 7.91. The molecule has 0 spiro atoms. The van der Waals surface area contributed by atoms with E-state index in [0.29, 0.717) is 5.69 Å². The Kier molecular flexibility index (Phi) is 5.91. The summed E-state index contributed by atoms with van der Waals surface area (Å²) in [5.41, 5.74) is 0.580. The molecule has 9 heteroatoms. The van der Waals surface area contributed by atoms with E-state index in [1.807, 2.05) is 0 Å². The molecule has 0 aromatic heterocycles. The molecular formula is C15H16BrN3O5. The summed E-state index contributed by atoms with van der Waals surface area (Å²) in [6.07, 6.45) is -0.959. The highest BCUT2D eigenvalue weighted by atomic mass is 79.9. The SMILES string of the molecule is C[C@@H](OC(=O)CC[C@H]1NC(=O)NC1=O)C(=O)Nc1ccc(Br)cc1. The largest absolute Gasteiger partial charge is 0.453 e. The van der Waals surface area contributed by atoms with Gasteiger partial charge in [-0.2, -0.15) is 0 Å². The van der Waals surface area contributed by atoms with Crippen molar-refractivity contribution in [2.45, 2.75) is 31.9 Å². The van der Waals surface area contributed by atoms with Crippen molar-refractivity contribution >= 4 is 45.4 Å². The van der Waals surface area contributed by atoms with Gasteiger partial charge in [-0.3, -0.25) is 19.7 Å². The molecule has 2 rings (SSSR count). The van der Waals surface area contributed by atoms with Crippen molar-refractivity contribution in [3.05, 3.63) is 28.7 Å². The normalized spacial score (nSPS) is 17.7. The molecule has 2 atom stereocenters. The molecule has 1 heterocycles. The van der Waals surface area contributed by atoms with Crippen molar-refractivity contribution in [1.82, 2.24) is 10.6 Å². The summed E-state index contributed by atoms with van der Waals surface area (Å²) in [5, 5.41) is 7.08. The second-order valence-electron chi connectivity index (χ2n) is 5.18. The molecular weight excluding hydrogens is 382 g/mol. The van der Waals surface area contributed by atoms with E-state index in [4.69, 9.17) is 4.74 Å². The molecule has 1 aliphatic heterocycles. The van der Waals surface area contributed by atoms with Crippen LogP contribution in [0.4, 0.5) is 10.5 Å². The van der Waals surface area contributed by atoms with Gasteiger partial charge in [-0.05, 0) is 37.6 Å². The van der Waals surface area contributed by atoms with E-state index in [1.165, 1.54) is 6.92 Å². The highest BCUT2D eigenvalue weighted by Gasteiger charge is 2.30. The molecule has 4 amide bonds. The summed E-state index contributed by atoms with van der Waals surface area (Å²) in [5.74, 6) is -1.56. The lowest BCUT2D eigenvalue weighted by Gasteiger charge is -2.14. The number of benzene rings is 1. The average molecular weight is 398 g/mol. The van der Waals surface area contributed by atoms with Crippen molar-refractivity contribution in [3.8, 4) is 0 Å². The summed E-state index contributed by atoms with van der Waals surface area (Å²) >= 11 is 3.29. The van der Waals surface area contributed by atoms with E-state index in [9.17, 15) is 19.2 Å². The number of ether oxygens (including phenoxy) is 1. The minimum Gasteiger partial charge on any atom is -0.453 e. The summed E-state index contributed by atoms with van der Waals surface area (Å²) in [4.78, 5) is 46.0. The summed E-state index contributed by atoms with van der Waals surface area (Å²) in [6, 6.07) is 5.62. The lowest BCUT2D eigenvalue weighted by Crippen LogP contribution is -2.32. The maximum Gasteiger partial charge on any atom is 0.322 e. The van der Waals surface area contributed by atoms with E-state index < -0.39 is 36.0 Å². The highest BCUT2D eigenvalue weighted by molar-refractivity contribution is 9.10. The van der Waals surface area contributed by atoms with Crippen molar-refractivity contribution in [3.63, 3.8) is 0 Å². The molecule has 128 valence electrons. The molecule has 0 saturated carbocycles. The number of carbonyl (C=O) groups is 4. The Morgan fingerprint density at radius 1 is 1.29 bits per heavy atom. The van der Waals surface area contributed by atoms with Gasteiger partial charge < -0.3 is 15.4 Å². The smallest absolute Gasteiger partial charge is 0.322 e. The summed E-state index contributed by atoms with van der Waals surface area (Å²) in [7, 11) is 0. The molecule has 3 N–H and O–H groups in total. The quantitative estimate of drug-likeness (QED) is 0.494. The number of imide groups is 1. The zero-order chi connectivity index (χ0) is 17.7. The molecule has 24 heavy (non-hydrogen) atoms. The molecule has 0 unspecified atom stereocenters. The number of carbonyl (C=O) groups excluding carboxylic acids is 4. The number of esters is 1. The van der Waals surface area contributed by atoms with Gasteiger partial charge in [0.15, 0.2) is 6.10 Å². The van der Waals surface area contributed by atoms with Gasteiger partial charge in [-0.25, -0.2) is 4.79 Å². The Morgan fingerprint density at radius 2 is 1.96 bits per heavy atom. The van der Waals surface area contributed by atoms with E-state index in [2.05, 4.69) is 31.9 Å². The number of urea groups is 1. The molecule has 1 aromatic rings. The van der Waals surface area contributed by atoms with Crippen molar-refractivity contribution in [2.75, 3.05) is 5.32 Å². The van der Waals surface area contributed by atoms with Crippen molar-refractivity contribution < 1.29 is 23.9 Å². The van der Waals surface area contributed by atoms with Crippen LogP contribution in [0.25, 0.3) is 0 Å². The average Bonchev–Trinajstić information content (AvgIpc) is 2.85. The third-order valence-corrected chi connectivity index (χ3v) is 3.81. The van der Waals surface area contributed by atoms with Gasteiger partial charge in [0.2, 0.25) is 0 Å². The number of halogens is 1. The Labute approximate surface area is 146 Å². The maximum atomic E-state index is 12.0. The summed E-state index contributed by atoms with van der Waals surface area (Å²) < 4.78 is 5.90. The molecule has 1 aliphatic rings. The third-order valence-electron chi connectivity index (χ3n) is 3.28. The van der Waals surface area contributed by atoms with Crippen LogP contribution in [0.5, 0.6) is 0 Å². The zero-order valence-corrected chi connectivity index (χ0v) is 14.4. The number of amides is 4. The van der Waals surface area contributed by atoms with Gasteiger partial charge >= 0.3 is 12.0 Å². The van der Waals surface area contributed by atoms with Gasteiger partial charge in [-0.15, -0.1) is 0 Å². The zero-order valence-electron chi connectivity index (χ0n) is 12.8. The Hall–Kier alpha value is -2.42. The van der Waals surface area contributed by atoms with Crippen LogP contribution < -0.4 is 16.0 Å². The Morgan fingerprint density at radius 3 is 2.54 bits per heavy atom. The van der Waals surface area contributed by atoms with Crippen molar-refractivity contribution in [1.29, 1.82) is 0 Å². The predicted molar refractivity (Wildman–Crippen MR) is 88.0 cm³/mol. The van der Waals surface area contributed by atoms with E-state index in [-0.39, 0.29) is 12.8 Å². The Bertz CT molecular complexity index is 662. The van der Waals surface area contributed by atoms with Crippen LogP contribution in [-0.4, -0.2) is 36.0 Å². The standard InChI is InChI=1S/C15H16BrN3O5/c1-8(13(21)17-10-4-2-9(16)3-5-10)24-12(20)7-6-11-14(22)19-15(23)18-11/h2-5,8,11H,6-7H2,1H3,(H,17,21)(H2,18,19,22,23)/t8-,11-/m1/s1. The lowest BCUT2D eigenvalue weighted by molar-refractivity contribution is -0.153. The lowest BCUT2D eigenvalue weighted by atomic mass is 10.1. The fraction of sp³-hybridized carbons (Fsp3) is 0.333. The minimum absolute atomic E-state index is 0.0890. The summed E-state index contributed by atoms with van der Waals surface area (Å²) in [6.45, 7) is 1.45. The molecule has 1 saturated heterocycles. The van der Waals surface area contributed by atoms with E-state index in [0.717, 1.165) is 4.47 Å². The van der Waals surface area contributed by atoms with Crippen LogP contribution in [-0.2, 0) is 19.1 Å². The number of rotatable bonds is 6. The fourth-order valence-corrected chi connectivity index (χ4v) is 2.28. The number of hydrogen-bond acceptors (Lipinski definition) is 5. The van der Waals surface area contributed by atoms with Gasteiger partial charge in [0, 0.05) is 16.6 Å². The van der Waals surface area contributed by atoms with Crippen LogP contribution in [0.1, 0.15) is 19.8 Å². The van der Waals surface area contributed by atoms with E-state index in [1.54, 1.807) is 24.3 Å². The van der Waals surface area contributed by atoms with E-state index >= 15 is 0 Å². The van der Waals surface area contributed by atoms with Crippen LogP contribution in [0.15, 0.2) is 28.7 Å². The molecule has 0 radical (unpaired) electrons. The monoisotopic (exact) mass is 397 g/mol. The molecule has 0 aliphatic carbocycles. The Balaban J connectivity index is 1.76. The van der Waals surface area contributed by atoms with Crippen LogP contribution in [0.3, 0.4) is 0 Å². The minimum atomic E-state index is -0.979. The van der Waals surface area contributed by atoms with Crippen LogP contribution >= 0.6 is 15.9 Å². The predicted octanol–water partition coefficient (Wildman–Crippen LogP) is 1.31. The number of hydrogen-bond donors (Lipinski definition) is 3. The first-order chi connectivity index (χ1) is 11.3. The third kappa shape index (κ3) is 5.05. The van der Waals surface area contributed by atoms with Gasteiger partial charge in [-0.1, -0.05) is 15.9 Å². The highest BCUT2D eigenvalue weighted by Crippen LogP contribution is 2.14. The second-order valence-corrected chi connectivity index (χ2v) is 6.10. The van der Waals surface area contributed by atoms with Crippen LogP contribution in [0, 0.1) is 0 Å². The van der Waals surface area contributed by atoms with Crippen molar-refractivity contribution in [2.24, 2.45) is 0 Å². The molecule has 1 aromatic carbocycles. The first kappa shape index (κ1) is 17.9. The van der Waals surface area contributed by atoms with Crippen LogP contribution in [0.2, 0.25) is 0 Å². The first-order valence-corrected chi connectivity index (χ1v) is 8.01. The first-order valence-electron chi connectivity index (χ1n) is 7.22. The molecule has 0 bridgehead atoms. The van der Waals surface area contributed by atoms with Gasteiger partial charge in [0.05, 0.1) is 0 Å². The maximum absolute atomic E-state index is 12.0. The van der Waals surface area contributed by atoms with Gasteiger partial charge in [0.25, 0.3) is 11.8 Å². The topological polar surface area (TPSA) is 114 Å². The fourth-order valence-electron chi connectivity index (χ4n) is 2.01. The number of nitrogens with one attached hydrogen (secondary N) is 3. The molecule has 1 fully saturated rings. The molecule has 8 nitrogen and oxygen atoms in total.